The third kappa shape index (κ3) is 1.20. The average molecular weight is 192 g/mol. The van der Waals surface area contributed by atoms with E-state index in [4.69, 9.17) is 0 Å². The van der Waals surface area contributed by atoms with Crippen LogP contribution in [0.4, 0.5) is 4.39 Å². The smallest absolute Gasteiger partial charge is 0.173 e. The number of fused-ring (bicyclic) bond motifs is 1. The van der Waals surface area contributed by atoms with E-state index >= 15 is 0 Å². The molecule has 0 aliphatic carbocycles. The molecular formula is C11H13FN2. The monoisotopic (exact) mass is 192 g/mol. The Labute approximate surface area is 82.4 Å². The SMILES string of the molecule is Cc1c(C(C)C)nc2c(F)cccn12. The van der Waals surface area contributed by atoms with Crippen LogP contribution in [0.15, 0.2) is 18.3 Å². The predicted octanol–water partition coefficient (Wildman–Crippen LogP) is 2.91. The lowest BCUT2D eigenvalue weighted by Gasteiger charge is -2.00. The summed E-state index contributed by atoms with van der Waals surface area (Å²) in [5.41, 5.74) is 2.42. The number of aromatic nitrogens is 2. The van der Waals surface area contributed by atoms with Gasteiger partial charge >= 0.3 is 0 Å². The lowest BCUT2D eigenvalue weighted by molar-refractivity contribution is 0.629. The molecule has 0 aromatic carbocycles. The maximum absolute atomic E-state index is 13.4. The number of aryl methyl sites for hydroxylation is 1. The molecule has 0 saturated heterocycles. The van der Waals surface area contributed by atoms with Gasteiger partial charge in [-0.3, -0.25) is 0 Å². The molecule has 0 aliphatic heterocycles. The first kappa shape index (κ1) is 9.19. The lowest BCUT2D eigenvalue weighted by atomic mass is 10.1. The van der Waals surface area contributed by atoms with E-state index in [1.807, 2.05) is 13.1 Å². The highest BCUT2D eigenvalue weighted by Gasteiger charge is 2.13. The van der Waals surface area contributed by atoms with Gasteiger partial charge in [-0.25, -0.2) is 9.37 Å². The van der Waals surface area contributed by atoms with E-state index in [0.717, 1.165) is 11.4 Å². The maximum Gasteiger partial charge on any atom is 0.173 e. The molecule has 14 heavy (non-hydrogen) atoms. The van der Waals surface area contributed by atoms with Gasteiger partial charge in [0.1, 0.15) is 0 Å². The van der Waals surface area contributed by atoms with Crippen LogP contribution in [0.2, 0.25) is 0 Å². The summed E-state index contributed by atoms with van der Waals surface area (Å²) in [7, 11) is 0. The van der Waals surface area contributed by atoms with Crippen LogP contribution < -0.4 is 0 Å². The molecular weight excluding hydrogens is 179 g/mol. The van der Waals surface area contributed by atoms with Crippen LogP contribution in [0.25, 0.3) is 5.65 Å². The van der Waals surface area contributed by atoms with E-state index in [2.05, 4.69) is 18.8 Å². The first-order chi connectivity index (χ1) is 6.61. The number of hydrogen-bond donors (Lipinski definition) is 0. The molecule has 74 valence electrons. The van der Waals surface area contributed by atoms with Gasteiger partial charge in [-0.05, 0) is 25.0 Å². The molecule has 0 N–H and O–H groups in total. The molecule has 0 spiro atoms. The van der Waals surface area contributed by atoms with E-state index in [1.54, 1.807) is 10.5 Å². The summed E-state index contributed by atoms with van der Waals surface area (Å²) in [4.78, 5) is 4.30. The highest BCUT2D eigenvalue weighted by Crippen LogP contribution is 2.20. The molecule has 3 heteroatoms. The van der Waals surface area contributed by atoms with Crippen molar-refractivity contribution in [3.63, 3.8) is 0 Å². The number of rotatable bonds is 1. The molecule has 2 aromatic heterocycles. The zero-order valence-corrected chi connectivity index (χ0v) is 8.58. The summed E-state index contributed by atoms with van der Waals surface area (Å²) in [5, 5.41) is 0. The Bertz CT molecular complexity index is 471. The molecule has 0 saturated carbocycles. The van der Waals surface area contributed by atoms with Crippen molar-refractivity contribution in [2.75, 3.05) is 0 Å². The van der Waals surface area contributed by atoms with Crippen LogP contribution in [-0.4, -0.2) is 9.38 Å². The van der Waals surface area contributed by atoms with E-state index in [1.165, 1.54) is 6.07 Å². The van der Waals surface area contributed by atoms with Gasteiger partial charge in [-0.2, -0.15) is 0 Å². The van der Waals surface area contributed by atoms with Gasteiger partial charge < -0.3 is 4.40 Å². The number of pyridine rings is 1. The first-order valence-corrected chi connectivity index (χ1v) is 4.74. The fourth-order valence-electron chi connectivity index (χ4n) is 1.72. The summed E-state index contributed by atoms with van der Waals surface area (Å²) in [6, 6.07) is 3.13. The number of hydrogen-bond acceptors (Lipinski definition) is 1. The van der Waals surface area contributed by atoms with Crippen LogP contribution in [0.5, 0.6) is 0 Å². The van der Waals surface area contributed by atoms with E-state index < -0.39 is 0 Å². The number of nitrogens with zero attached hydrogens (tertiary/aromatic N) is 2. The second-order valence-electron chi connectivity index (χ2n) is 3.79. The Hall–Kier alpha value is -1.38. The molecule has 2 heterocycles. The fraction of sp³-hybridized carbons (Fsp3) is 0.364. The first-order valence-electron chi connectivity index (χ1n) is 4.74. The zero-order valence-electron chi connectivity index (χ0n) is 8.58. The van der Waals surface area contributed by atoms with Crippen LogP contribution in [0, 0.1) is 12.7 Å². The van der Waals surface area contributed by atoms with Gasteiger partial charge in [0, 0.05) is 11.9 Å². The van der Waals surface area contributed by atoms with Crippen molar-refractivity contribution in [2.24, 2.45) is 0 Å². The number of imidazole rings is 1. The minimum Gasteiger partial charge on any atom is -0.302 e. The van der Waals surface area contributed by atoms with Crippen molar-refractivity contribution in [1.82, 2.24) is 9.38 Å². The standard InChI is InChI=1S/C11H13FN2/c1-7(2)10-8(3)14-6-4-5-9(12)11(14)13-10/h4-7H,1-3H3. The van der Waals surface area contributed by atoms with Gasteiger partial charge in [-0.1, -0.05) is 13.8 Å². The van der Waals surface area contributed by atoms with E-state index in [9.17, 15) is 4.39 Å². The normalized spacial score (nSPS) is 11.5. The van der Waals surface area contributed by atoms with Gasteiger partial charge in [-0.15, -0.1) is 0 Å². The highest BCUT2D eigenvalue weighted by atomic mass is 19.1. The van der Waals surface area contributed by atoms with Crippen molar-refractivity contribution in [2.45, 2.75) is 26.7 Å². The van der Waals surface area contributed by atoms with E-state index in [-0.39, 0.29) is 5.82 Å². The summed E-state index contributed by atoms with van der Waals surface area (Å²) in [6.07, 6.45) is 1.84. The van der Waals surface area contributed by atoms with Gasteiger partial charge in [0.25, 0.3) is 0 Å². The molecule has 0 fully saturated rings. The molecule has 0 bridgehead atoms. The second-order valence-corrected chi connectivity index (χ2v) is 3.79. The topological polar surface area (TPSA) is 17.3 Å². The van der Waals surface area contributed by atoms with Crippen molar-refractivity contribution in [3.8, 4) is 0 Å². The Morgan fingerprint density at radius 2 is 2.14 bits per heavy atom. The summed E-state index contributed by atoms with van der Waals surface area (Å²) in [6.45, 7) is 6.09. The zero-order chi connectivity index (χ0) is 10.3. The Morgan fingerprint density at radius 3 is 2.71 bits per heavy atom. The minimum absolute atomic E-state index is 0.262. The van der Waals surface area contributed by atoms with Gasteiger partial charge in [0.15, 0.2) is 11.5 Å². The molecule has 0 atom stereocenters. The molecule has 2 rings (SSSR count). The fourth-order valence-corrected chi connectivity index (χ4v) is 1.72. The molecule has 0 radical (unpaired) electrons. The minimum atomic E-state index is -0.262. The van der Waals surface area contributed by atoms with Crippen LogP contribution in [0.1, 0.15) is 31.2 Å². The van der Waals surface area contributed by atoms with Crippen LogP contribution >= 0.6 is 0 Å². The summed E-state index contributed by atoms with van der Waals surface area (Å²) >= 11 is 0. The Morgan fingerprint density at radius 1 is 1.43 bits per heavy atom. The third-order valence-electron chi connectivity index (χ3n) is 2.42. The second kappa shape index (κ2) is 3.08. The van der Waals surface area contributed by atoms with Crippen molar-refractivity contribution >= 4 is 5.65 Å². The van der Waals surface area contributed by atoms with Crippen LogP contribution in [-0.2, 0) is 0 Å². The Balaban J connectivity index is 2.80. The molecule has 2 nitrogen and oxygen atoms in total. The van der Waals surface area contributed by atoms with Crippen molar-refractivity contribution in [3.05, 3.63) is 35.5 Å². The predicted molar refractivity (Wildman–Crippen MR) is 54.0 cm³/mol. The molecule has 0 aliphatic rings. The lowest BCUT2D eigenvalue weighted by Crippen LogP contribution is -1.92. The highest BCUT2D eigenvalue weighted by molar-refractivity contribution is 5.45. The van der Waals surface area contributed by atoms with Crippen LogP contribution in [0.3, 0.4) is 0 Å². The molecule has 2 aromatic rings. The van der Waals surface area contributed by atoms with Crippen molar-refractivity contribution in [1.29, 1.82) is 0 Å². The molecule has 0 amide bonds. The number of halogens is 1. The maximum atomic E-state index is 13.4. The van der Waals surface area contributed by atoms with Crippen molar-refractivity contribution < 1.29 is 4.39 Å². The third-order valence-corrected chi connectivity index (χ3v) is 2.42. The average Bonchev–Trinajstić information content (AvgIpc) is 2.46. The van der Waals surface area contributed by atoms with Gasteiger partial charge in [0.05, 0.1) is 5.69 Å². The van der Waals surface area contributed by atoms with E-state index in [0.29, 0.717) is 11.6 Å². The summed E-state index contributed by atoms with van der Waals surface area (Å²) < 4.78 is 15.2. The largest absolute Gasteiger partial charge is 0.302 e. The Kier molecular flexibility index (Phi) is 2.02. The summed E-state index contributed by atoms with van der Waals surface area (Å²) in [5.74, 6) is 0.0665. The quantitative estimate of drug-likeness (QED) is 0.679. The van der Waals surface area contributed by atoms with Gasteiger partial charge in [0.2, 0.25) is 0 Å². The molecule has 0 unspecified atom stereocenters.